The van der Waals surface area contributed by atoms with Gasteiger partial charge in [-0.3, -0.25) is 9.20 Å². The Bertz CT molecular complexity index is 1260. The van der Waals surface area contributed by atoms with Gasteiger partial charge >= 0.3 is 5.97 Å². The van der Waals surface area contributed by atoms with Crippen LogP contribution in [0.1, 0.15) is 27.5 Å². The smallest absolute Gasteiger partial charge is 0.374 e. The van der Waals surface area contributed by atoms with E-state index < -0.39 is 11.8 Å². The minimum atomic E-state index is -0.699. The maximum absolute atomic E-state index is 13.4. The minimum Gasteiger partial charge on any atom is -0.453 e. The molecular weight excluding hydrogens is 351 g/mol. The molecule has 0 fully saturated rings. The average Bonchev–Trinajstić information content (AvgIpc) is 2.96. The predicted molar refractivity (Wildman–Crippen MR) is 96.2 cm³/mol. The molecule has 27 heavy (non-hydrogen) atoms. The van der Waals surface area contributed by atoms with Crippen molar-refractivity contribution in [1.29, 1.82) is 0 Å². The van der Waals surface area contributed by atoms with Crippen molar-refractivity contribution in [2.24, 2.45) is 0 Å². The molecule has 0 saturated carbocycles. The molecule has 3 heterocycles. The van der Waals surface area contributed by atoms with E-state index in [0.29, 0.717) is 27.9 Å². The van der Waals surface area contributed by atoms with Crippen LogP contribution in [0.2, 0.25) is 0 Å². The monoisotopic (exact) mass is 366 g/mol. The Morgan fingerprint density at radius 3 is 2.85 bits per heavy atom. The third-order valence-corrected chi connectivity index (χ3v) is 4.37. The van der Waals surface area contributed by atoms with Crippen LogP contribution < -0.4 is 5.56 Å². The maximum atomic E-state index is 13.4. The van der Waals surface area contributed by atoms with E-state index in [9.17, 15) is 14.0 Å². The number of ether oxygens (including phenoxy) is 1. The van der Waals surface area contributed by atoms with Gasteiger partial charge in [-0.25, -0.2) is 14.2 Å². The fourth-order valence-corrected chi connectivity index (χ4v) is 3.03. The van der Waals surface area contributed by atoms with Crippen molar-refractivity contribution in [1.82, 2.24) is 9.38 Å². The molecule has 0 unspecified atom stereocenters. The summed E-state index contributed by atoms with van der Waals surface area (Å²) in [6.45, 7) is 3.29. The standard InChI is InChI=1S/C20H15FN2O4/c1-11-4-3-5-17-22-14(9-18(24)23(11)17)10-26-20(25)19-12(2)15-8-13(21)6-7-16(15)27-19/h3-9H,10H2,1-2H3. The Kier molecular flexibility index (Phi) is 3.99. The zero-order chi connectivity index (χ0) is 19.1. The fraction of sp³-hybridized carbons (Fsp3) is 0.150. The number of furan rings is 1. The second-order valence-corrected chi connectivity index (χ2v) is 6.22. The van der Waals surface area contributed by atoms with Crippen LogP contribution in [-0.2, 0) is 11.3 Å². The van der Waals surface area contributed by atoms with Gasteiger partial charge in [0, 0.05) is 22.7 Å². The number of benzene rings is 1. The first kappa shape index (κ1) is 17.0. The lowest BCUT2D eigenvalue weighted by molar-refractivity contribution is 0.0432. The summed E-state index contributed by atoms with van der Waals surface area (Å²) < 4.78 is 25.6. The van der Waals surface area contributed by atoms with E-state index in [1.54, 1.807) is 19.1 Å². The second-order valence-electron chi connectivity index (χ2n) is 6.22. The van der Waals surface area contributed by atoms with E-state index >= 15 is 0 Å². The van der Waals surface area contributed by atoms with Crippen LogP contribution in [0.15, 0.2) is 51.7 Å². The molecule has 0 bridgehead atoms. The normalized spacial score (nSPS) is 11.2. The number of esters is 1. The molecule has 6 nitrogen and oxygen atoms in total. The fourth-order valence-electron chi connectivity index (χ4n) is 3.03. The lowest BCUT2D eigenvalue weighted by atomic mass is 10.1. The molecule has 4 aromatic rings. The summed E-state index contributed by atoms with van der Waals surface area (Å²) in [5.74, 6) is -1.11. The SMILES string of the molecule is Cc1c(C(=O)OCc2cc(=O)n3c(C)cccc3n2)oc2ccc(F)cc12. The molecule has 0 amide bonds. The van der Waals surface area contributed by atoms with Gasteiger partial charge in [-0.1, -0.05) is 6.07 Å². The Morgan fingerprint density at radius 2 is 2.04 bits per heavy atom. The number of carbonyl (C=O) groups excluding carboxylic acids is 1. The van der Waals surface area contributed by atoms with Crippen LogP contribution in [0.5, 0.6) is 0 Å². The van der Waals surface area contributed by atoms with E-state index in [-0.39, 0.29) is 17.9 Å². The van der Waals surface area contributed by atoms with E-state index in [2.05, 4.69) is 4.98 Å². The number of hydrogen-bond acceptors (Lipinski definition) is 5. The zero-order valence-electron chi connectivity index (χ0n) is 14.7. The molecule has 0 saturated heterocycles. The number of fused-ring (bicyclic) bond motifs is 2. The van der Waals surface area contributed by atoms with Gasteiger partial charge in [0.05, 0.1) is 5.69 Å². The number of aromatic nitrogens is 2. The summed E-state index contributed by atoms with van der Waals surface area (Å²) in [4.78, 5) is 29.0. The van der Waals surface area contributed by atoms with Crippen molar-refractivity contribution in [2.45, 2.75) is 20.5 Å². The third-order valence-electron chi connectivity index (χ3n) is 4.37. The lowest BCUT2D eigenvalue weighted by Gasteiger charge is -2.07. The van der Waals surface area contributed by atoms with E-state index in [4.69, 9.17) is 9.15 Å². The molecule has 0 N–H and O–H groups in total. The number of pyridine rings is 1. The Hall–Kier alpha value is -3.48. The van der Waals surface area contributed by atoms with E-state index in [0.717, 1.165) is 5.69 Å². The molecule has 3 aromatic heterocycles. The third kappa shape index (κ3) is 2.97. The number of halogens is 1. The molecule has 0 spiro atoms. The van der Waals surface area contributed by atoms with Crippen LogP contribution in [0.25, 0.3) is 16.6 Å². The first-order valence-corrected chi connectivity index (χ1v) is 8.28. The van der Waals surface area contributed by atoms with Crippen LogP contribution >= 0.6 is 0 Å². The van der Waals surface area contributed by atoms with Crippen LogP contribution in [0.3, 0.4) is 0 Å². The van der Waals surface area contributed by atoms with E-state index in [1.165, 1.54) is 28.7 Å². The summed E-state index contributed by atoms with van der Waals surface area (Å²) in [5.41, 5.74) is 2.22. The molecule has 0 aliphatic heterocycles. The highest BCUT2D eigenvalue weighted by Crippen LogP contribution is 2.26. The van der Waals surface area contributed by atoms with Crippen molar-refractivity contribution >= 4 is 22.6 Å². The van der Waals surface area contributed by atoms with Gasteiger partial charge in [0.1, 0.15) is 23.7 Å². The molecule has 0 radical (unpaired) electrons. The van der Waals surface area contributed by atoms with Crippen LogP contribution in [0, 0.1) is 19.7 Å². The molecule has 136 valence electrons. The zero-order valence-corrected chi connectivity index (χ0v) is 14.7. The number of rotatable bonds is 3. The summed E-state index contributed by atoms with van der Waals surface area (Å²) in [7, 11) is 0. The quantitative estimate of drug-likeness (QED) is 0.519. The maximum Gasteiger partial charge on any atom is 0.374 e. The largest absolute Gasteiger partial charge is 0.453 e. The van der Waals surface area contributed by atoms with Gasteiger partial charge in [0.15, 0.2) is 0 Å². The van der Waals surface area contributed by atoms with Crippen molar-refractivity contribution in [2.75, 3.05) is 0 Å². The molecule has 0 aliphatic carbocycles. The van der Waals surface area contributed by atoms with Crippen molar-refractivity contribution in [3.05, 3.63) is 81.3 Å². The lowest BCUT2D eigenvalue weighted by Crippen LogP contribution is -2.18. The highest BCUT2D eigenvalue weighted by Gasteiger charge is 2.20. The van der Waals surface area contributed by atoms with Crippen LogP contribution in [-0.4, -0.2) is 15.4 Å². The van der Waals surface area contributed by atoms with Gasteiger partial charge < -0.3 is 9.15 Å². The first-order valence-electron chi connectivity index (χ1n) is 8.28. The molecule has 0 aliphatic rings. The molecule has 4 rings (SSSR count). The number of aryl methyl sites for hydroxylation is 2. The van der Waals surface area contributed by atoms with Gasteiger partial charge in [-0.15, -0.1) is 0 Å². The number of carbonyl (C=O) groups is 1. The Morgan fingerprint density at radius 1 is 1.22 bits per heavy atom. The summed E-state index contributed by atoms with van der Waals surface area (Å²) >= 11 is 0. The van der Waals surface area contributed by atoms with Gasteiger partial charge in [0.25, 0.3) is 5.56 Å². The minimum absolute atomic E-state index is 0.00366. The van der Waals surface area contributed by atoms with Crippen molar-refractivity contribution in [3.63, 3.8) is 0 Å². The van der Waals surface area contributed by atoms with Gasteiger partial charge in [-0.2, -0.15) is 0 Å². The van der Waals surface area contributed by atoms with Crippen LogP contribution in [0.4, 0.5) is 4.39 Å². The number of hydrogen-bond donors (Lipinski definition) is 0. The second kappa shape index (κ2) is 6.35. The van der Waals surface area contributed by atoms with Gasteiger partial charge in [-0.05, 0) is 44.2 Å². The predicted octanol–water partition coefficient (Wildman–Crippen LogP) is 3.55. The number of nitrogens with zero attached hydrogens (tertiary/aromatic N) is 2. The van der Waals surface area contributed by atoms with E-state index in [1.807, 2.05) is 13.0 Å². The molecule has 1 aromatic carbocycles. The molecule has 7 heteroatoms. The topological polar surface area (TPSA) is 73.8 Å². The molecular formula is C20H15FN2O4. The Labute approximate surface area is 152 Å². The molecule has 0 atom stereocenters. The van der Waals surface area contributed by atoms with Crippen molar-refractivity contribution < 1.29 is 18.3 Å². The summed E-state index contributed by atoms with van der Waals surface area (Å²) in [6.07, 6.45) is 0. The highest BCUT2D eigenvalue weighted by molar-refractivity contribution is 5.95. The summed E-state index contributed by atoms with van der Waals surface area (Å²) in [6, 6.07) is 10.7. The van der Waals surface area contributed by atoms with Crippen molar-refractivity contribution in [3.8, 4) is 0 Å². The average molecular weight is 366 g/mol. The first-order chi connectivity index (χ1) is 12.9. The summed E-state index contributed by atoms with van der Waals surface area (Å²) in [5, 5.41) is 0.513. The highest BCUT2D eigenvalue weighted by atomic mass is 19.1. The van der Waals surface area contributed by atoms with Gasteiger partial charge in [0.2, 0.25) is 5.76 Å². The Balaban J connectivity index is 1.60.